The molecule has 0 saturated heterocycles. The molecule has 0 aliphatic carbocycles. The monoisotopic (exact) mass is 370 g/mol. The maximum atomic E-state index is 2.51. The molecule has 2 rings (SSSR count). The van der Waals surface area contributed by atoms with Crippen molar-refractivity contribution >= 4 is 56.0 Å². The summed E-state index contributed by atoms with van der Waals surface area (Å²) in [4.78, 5) is 7.53. The van der Waals surface area contributed by atoms with Crippen molar-refractivity contribution in [2.45, 2.75) is 34.5 Å². The number of benzene rings is 1. The van der Waals surface area contributed by atoms with E-state index in [9.17, 15) is 0 Å². The summed E-state index contributed by atoms with van der Waals surface area (Å²) in [6.07, 6.45) is 0. The molecule has 0 radical (unpaired) electrons. The van der Waals surface area contributed by atoms with Crippen molar-refractivity contribution < 1.29 is 0 Å². The summed E-state index contributed by atoms with van der Waals surface area (Å²) < 4.78 is 4.85. The normalized spacial score (nSPS) is 13.3. The van der Waals surface area contributed by atoms with Crippen molar-refractivity contribution in [1.82, 2.24) is 0 Å². The molecule has 2 aromatic rings. The SMILES string of the molecule is C[Si](C)(C)c1cc2[c]([Sn]([CH3])([CH3])[CH3])cccc2s1. The van der Waals surface area contributed by atoms with Crippen LogP contribution in [0.1, 0.15) is 0 Å². The third-order valence-electron chi connectivity index (χ3n) is 3.11. The summed E-state index contributed by atoms with van der Waals surface area (Å²) in [5.74, 6) is 0. The summed E-state index contributed by atoms with van der Waals surface area (Å²) in [7, 11) is -1.16. The zero-order chi connectivity index (χ0) is 12.8. The first-order chi connectivity index (χ1) is 7.69. The Labute approximate surface area is 114 Å². The molecule has 0 aliphatic heterocycles. The van der Waals surface area contributed by atoms with Crippen LogP contribution in [0.25, 0.3) is 10.1 Å². The summed E-state index contributed by atoms with van der Waals surface area (Å²) in [5, 5.41) is 1.57. The number of thiophene rings is 1. The molecule has 0 fully saturated rings. The van der Waals surface area contributed by atoms with E-state index >= 15 is 0 Å². The van der Waals surface area contributed by atoms with Crippen molar-refractivity contribution in [3.8, 4) is 0 Å². The quantitative estimate of drug-likeness (QED) is 0.703. The molecule has 0 saturated carbocycles. The molecule has 0 nitrogen and oxygen atoms in total. The fraction of sp³-hybridized carbons (Fsp3) is 0.429. The van der Waals surface area contributed by atoms with Crippen LogP contribution >= 0.6 is 11.3 Å². The fourth-order valence-electron chi connectivity index (χ4n) is 2.08. The van der Waals surface area contributed by atoms with Crippen LogP contribution in [-0.2, 0) is 0 Å². The molecule has 3 heteroatoms. The van der Waals surface area contributed by atoms with Gasteiger partial charge in [-0.15, -0.1) is 0 Å². The summed E-state index contributed by atoms with van der Waals surface area (Å²) in [5.41, 5.74) is 0. The average molecular weight is 369 g/mol. The van der Waals surface area contributed by atoms with Crippen LogP contribution < -0.4 is 8.08 Å². The van der Waals surface area contributed by atoms with Gasteiger partial charge in [-0.3, -0.25) is 0 Å². The topological polar surface area (TPSA) is 0 Å². The van der Waals surface area contributed by atoms with Crippen molar-refractivity contribution in [3.05, 3.63) is 24.3 Å². The Bertz CT molecular complexity index is 543. The second-order valence-corrected chi connectivity index (χ2v) is 27.7. The Morgan fingerprint density at radius 1 is 1.06 bits per heavy atom. The molecule has 1 aromatic carbocycles. The minimum atomic E-state index is -1.97. The zero-order valence-electron chi connectivity index (χ0n) is 11.7. The summed E-state index contributed by atoms with van der Waals surface area (Å²) in [6.45, 7) is 7.33. The second-order valence-electron chi connectivity index (χ2n) is 6.83. The van der Waals surface area contributed by atoms with Crippen molar-refractivity contribution in [3.63, 3.8) is 0 Å². The van der Waals surface area contributed by atoms with E-state index in [4.69, 9.17) is 0 Å². The first-order valence-electron chi connectivity index (χ1n) is 6.23. The van der Waals surface area contributed by atoms with E-state index in [1.54, 1.807) is 13.5 Å². The molecule has 0 amide bonds. The van der Waals surface area contributed by atoms with Gasteiger partial charge in [0.2, 0.25) is 0 Å². The molecular weight excluding hydrogens is 347 g/mol. The van der Waals surface area contributed by atoms with E-state index in [2.05, 4.69) is 58.7 Å². The van der Waals surface area contributed by atoms with Crippen molar-refractivity contribution in [2.75, 3.05) is 0 Å². The molecule has 17 heavy (non-hydrogen) atoms. The molecule has 1 heterocycles. The van der Waals surface area contributed by atoms with E-state index in [-0.39, 0.29) is 0 Å². The third-order valence-corrected chi connectivity index (χ3v) is 13.6. The Hall–Kier alpha value is 0.196. The molecule has 0 aliphatic rings. The number of hydrogen-bond acceptors (Lipinski definition) is 1. The van der Waals surface area contributed by atoms with E-state index in [0.717, 1.165) is 0 Å². The predicted molar refractivity (Wildman–Crippen MR) is 87.8 cm³/mol. The molecular formula is C14H22SSiSn. The van der Waals surface area contributed by atoms with E-state index < -0.39 is 26.5 Å². The van der Waals surface area contributed by atoms with Gasteiger partial charge in [0.1, 0.15) is 0 Å². The Balaban J connectivity index is 2.70. The Kier molecular flexibility index (Phi) is 3.52. The fourth-order valence-corrected chi connectivity index (χ4v) is 9.91. The molecule has 0 atom stereocenters. The van der Waals surface area contributed by atoms with Crippen LogP contribution in [0.4, 0.5) is 0 Å². The maximum absolute atomic E-state index is 2.51. The summed E-state index contributed by atoms with van der Waals surface area (Å²) >= 11 is 0.0635. The number of rotatable bonds is 2. The second kappa shape index (κ2) is 4.39. The van der Waals surface area contributed by atoms with Gasteiger partial charge in [0, 0.05) is 0 Å². The predicted octanol–water partition coefficient (Wildman–Crippen LogP) is 3.99. The van der Waals surface area contributed by atoms with E-state index in [1.807, 2.05) is 11.3 Å². The van der Waals surface area contributed by atoms with Gasteiger partial charge >= 0.3 is 115 Å². The summed E-state index contributed by atoms with van der Waals surface area (Å²) in [6, 6.07) is 9.43. The zero-order valence-corrected chi connectivity index (χ0v) is 16.4. The molecule has 0 N–H and O–H groups in total. The molecule has 92 valence electrons. The van der Waals surface area contributed by atoms with Crippen LogP contribution in [-0.4, -0.2) is 26.5 Å². The van der Waals surface area contributed by atoms with Crippen molar-refractivity contribution in [1.29, 1.82) is 0 Å². The van der Waals surface area contributed by atoms with E-state index in [0.29, 0.717) is 0 Å². The molecule has 0 spiro atoms. The Morgan fingerprint density at radius 3 is 2.24 bits per heavy atom. The third kappa shape index (κ3) is 2.79. The van der Waals surface area contributed by atoms with Gasteiger partial charge in [0.15, 0.2) is 0 Å². The van der Waals surface area contributed by atoms with Gasteiger partial charge in [0.25, 0.3) is 0 Å². The van der Waals surface area contributed by atoms with Crippen LogP contribution in [0, 0.1) is 0 Å². The van der Waals surface area contributed by atoms with Crippen LogP contribution in [0.2, 0.25) is 34.5 Å². The van der Waals surface area contributed by atoms with Gasteiger partial charge in [-0.1, -0.05) is 0 Å². The van der Waals surface area contributed by atoms with Crippen LogP contribution in [0.3, 0.4) is 0 Å². The first kappa shape index (κ1) is 13.6. The van der Waals surface area contributed by atoms with Crippen molar-refractivity contribution in [2.24, 2.45) is 0 Å². The van der Waals surface area contributed by atoms with Gasteiger partial charge < -0.3 is 0 Å². The average Bonchev–Trinajstić information content (AvgIpc) is 2.57. The van der Waals surface area contributed by atoms with Crippen LogP contribution in [0.5, 0.6) is 0 Å². The number of hydrogen-bond donors (Lipinski definition) is 0. The van der Waals surface area contributed by atoms with Gasteiger partial charge in [0.05, 0.1) is 0 Å². The van der Waals surface area contributed by atoms with E-state index in [1.165, 1.54) is 4.70 Å². The minimum absolute atomic E-state index is 1.16. The molecule has 0 unspecified atom stereocenters. The van der Waals surface area contributed by atoms with Crippen LogP contribution in [0.15, 0.2) is 24.3 Å². The van der Waals surface area contributed by atoms with Gasteiger partial charge in [-0.05, 0) is 0 Å². The molecule has 0 bridgehead atoms. The first-order valence-corrected chi connectivity index (χ1v) is 20.5. The Morgan fingerprint density at radius 2 is 1.71 bits per heavy atom. The standard InChI is InChI=1S/C11H13SSi.3CH3.Sn/c1-13(2,3)11-8-9-6-4-5-7-10(9)12-11;;;;/h4-5,7-8H,1-3H3;3*1H3;. The van der Waals surface area contributed by atoms with Gasteiger partial charge in [-0.25, -0.2) is 0 Å². The number of fused-ring (bicyclic) bond motifs is 1. The van der Waals surface area contributed by atoms with Gasteiger partial charge in [-0.2, -0.15) is 0 Å². The molecule has 1 aromatic heterocycles.